The molecule has 3 rings (SSSR count). The van der Waals surface area contributed by atoms with E-state index in [9.17, 15) is 4.39 Å². The van der Waals surface area contributed by atoms with E-state index in [1.807, 2.05) is 12.1 Å². The normalized spacial score (nSPS) is 10.2. The van der Waals surface area contributed by atoms with Crippen LogP contribution < -0.4 is 5.73 Å². The second-order valence-corrected chi connectivity index (χ2v) is 5.99. The van der Waals surface area contributed by atoms with Gasteiger partial charge in [0, 0.05) is 35.8 Å². The lowest BCUT2D eigenvalue weighted by Gasteiger charge is -2.03. The maximum absolute atomic E-state index is 13.2. The Labute approximate surface area is 138 Å². The Morgan fingerprint density at radius 1 is 1.04 bits per heavy atom. The summed E-state index contributed by atoms with van der Waals surface area (Å²) in [6.07, 6.45) is 4.21. The van der Waals surface area contributed by atoms with Crippen molar-refractivity contribution in [3.05, 3.63) is 65.6 Å². The molecule has 2 nitrogen and oxygen atoms in total. The van der Waals surface area contributed by atoms with Gasteiger partial charge in [-0.1, -0.05) is 24.0 Å². The minimum atomic E-state index is -0.237. The van der Waals surface area contributed by atoms with Gasteiger partial charge in [-0.15, -0.1) is 11.3 Å². The van der Waals surface area contributed by atoms with Crippen LogP contribution in [0.5, 0.6) is 0 Å². The van der Waals surface area contributed by atoms with Gasteiger partial charge in [0.05, 0.1) is 4.88 Å². The second-order valence-electron chi connectivity index (χ2n) is 4.94. The van der Waals surface area contributed by atoms with E-state index in [0.717, 1.165) is 26.4 Å². The fourth-order valence-corrected chi connectivity index (χ4v) is 3.30. The van der Waals surface area contributed by atoms with Crippen molar-refractivity contribution < 1.29 is 4.39 Å². The van der Waals surface area contributed by atoms with Crippen molar-refractivity contribution in [1.29, 1.82) is 0 Å². The minimum absolute atomic E-state index is 0.237. The number of nitrogens with two attached hydrogens (primary N) is 1. The first kappa shape index (κ1) is 15.4. The molecule has 0 aliphatic heterocycles. The summed E-state index contributed by atoms with van der Waals surface area (Å²) in [6.45, 7) is 0.556. The number of aromatic nitrogens is 1. The van der Waals surface area contributed by atoms with Crippen LogP contribution in [0.1, 0.15) is 11.3 Å². The summed E-state index contributed by atoms with van der Waals surface area (Å²) in [5.41, 5.74) is 8.62. The van der Waals surface area contributed by atoms with E-state index >= 15 is 0 Å². The number of hydrogen-bond acceptors (Lipinski definition) is 3. The van der Waals surface area contributed by atoms with E-state index in [1.54, 1.807) is 35.9 Å². The Morgan fingerprint density at radius 2 is 1.78 bits per heavy atom. The molecule has 2 heterocycles. The molecular weight excluding hydrogens is 307 g/mol. The largest absolute Gasteiger partial charge is 0.330 e. The van der Waals surface area contributed by atoms with Crippen LogP contribution >= 0.6 is 11.3 Å². The fourth-order valence-electron chi connectivity index (χ4n) is 2.24. The molecule has 1 aromatic carbocycles. The zero-order chi connectivity index (χ0) is 16.1. The number of hydrogen-bond donors (Lipinski definition) is 1. The molecule has 0 aliphatic rings. The Balaban J connectivity index is 2.09. The summed E-state index contributed by atoms with van der Waals surface area (Å²) < 4.78 is 13.2. The van der Waals surface area contributed by atoms with Gasteiger partial charge in [-0.05, 0) is 41.5 Å². The molecule has 0 atom stereocenters. The minimum Gasteiger partial charge on any atom is -0.330 e. The maximum atomic E-state index is 13.2. The Hall–Kier alpha value is -2.48. The highest BCUT2D eigenvalue weighted by molar-refractivity contribution is 7.16. The van der Waals surface area contributed by atoms with Gasteiger partial charge in [-0.3, -0.25) is 4.98 Å². The van der Waals surface area contributed by atoms with Crippen molar-refractivity contribution in [3.63, 3.8) is 0 Å². The third-order valence-electron chi connectivity index (χ3n) is 3.31. The number of pyridine rings is 1. The van der Waals surface area contributed by atoms with E-state index < -0.39 is 0 Å². The number of benzene rings is 1. The van der Waals surface area contributed by atoms with Crippen LogP contribution in [-0.2, 0) is 0 Å². The van der Waals surface area contributed by atoms with Crippen molar-refractivity contribution in [3.8, 4) is 33.4 Å². The number of rotatable bonds is 3. The first-order valence-electron chi connectivity index (χ1n) is 7.27. The smallest absolute Gasteiger partial charge is 0.123 e. The molecule has 3 aromatic rings. The highest BCUT2D eigenvalue weighted by Crippen LogP contribution is 2.39. The molecular formula is C19H15FN2S. The molecule has 0 amide bonds. The fraction of sp³-hybridized carbons (Fsp3) is 0.105. The number of nitrogens with zero attached hydrogens (tertiary/aromatic N) is 1. The molecule has 0 aliphatic carbocycles. The summed E-state index contributed by atoms with van der Waals surface area (Å²) in [5.74, 6) is 5.99. The van der Waals surface area contributed by atoms with Gasteiger partial charge in [0.1, 0.15) is 5.82 Å². The van der Waals surface area contributed by atoms with Crippen LogP contribution in [-0.4, -0.2) is 11.5 Å². The van der Waals surface area contributed by atoms with Crippen LogP contribution in [0.2, 0.25) is 0 Å². The molecule has 23 heavy (non-hydrogen) atoms. The summed E-state index contributed by atoms with van der Waals surface area (Å²) in [7, 11) is 0. The Bertz CT molecular complexity index is 843. The molecule has 0 bridgehead atoms. The summed E-state index contributed by atoms with van der Waals surface area (Å²) in [4.78, 5) is 6.12. The van der Waals surface area contributed by atoms with Gasteiger partial charge in [0.2, 0.25) is 0 Å². The first-order chi connectivity index (χ1) is 11.3. The van der Waals surface area contributed by atoms with E-state index in [2.05, 4.69) is 22.9 Å². The average Bonchev–Trinajstić information content (AvgIpc) is 3.01. The van der Waals surface area contributed by atoms with Crippen LogP contribution in [0.15, 0.2) is 54.9 Å². The molecule has 0 radical (unpaired) electrons. The number of thiophene rings is 1. The van der Waals surface area contributed by atoms with Crippen LogP contribution in [0, 0.1) is 17.7 Å². The van der Waals surface area contributed by atoms with E-state index in [-0.39, 0.29) is 5.82 Å². The summed E-state index contributed by atoms with van der Waals surface area (Å²) >= 11 is 1.61. The maximum Gasteiger partial charge on any atom is 0.123 e. The Kier molecular flexibility index (Phi) is 4.82. The topological polar surface area (TPSA) is 38.9 Å². The van der Waals surface area contributed by atoms with Gasteiger partial charge in [-0.2, -0.15) is 0 Å². The Morgan fingerprint density at radius 3 is 2.48 bits per heavy atom. The zero-order valence-corrected chi connectivity index (χ0v) is 13.2. The van der Waals surface area contributed by atoms with Crippen molar-refractivity contribution >= 4 is 11.3 Å². The molecule has 114 valence electrons. The summed E-state index contributed by atoms with van der Waals surface area (Å²) in [6, 6.07) is 12.5. The zero-order valence-electron chi connectivity index (χ0n) is 12.4. The standard InChI is InChI=1S/C19H15FN2S/c20-16-6-4-15(5-7-16)19-18(14-8-11-22-12-9-14)13-17(23-19)3-1-2-10-21/h4-9,11-13H,2,10,21H2. The third-order valence-corrected chi connectivity index (χ3v) is 4.41. The van der Waals surface area contributed by atoms with Crippen molar-refractivity contribution in [1.82, 2.24) is 4.98 Å². The molecule has 4 heteroatoms. The van der Waals surface area contributed by atoms with Crippen LogP contribution in [0.25, 0.3) is 21.6 Å². The predicted octanol–water partition coefficient (Wildman–Crippen LogP) is 4.32. The lowest BCUT2D eigenvalue weighted by molar-refractivity contribution is 0.628. The SMILES string of the molecule is NCCC#Cc1cc(-c2ccncc2)c(-c2ccc(F)cc2)s1. The van der Waals surface area contributed by atoms with Gasteiger partial charge < -0.3 is 5.73 Å². The molecule has 0 saturated heterocycles. The van der Waals surface area contributed by atoms with E-state index in [1.165, 1.54) is 12.1 Å². The van der Waals surface area contributed by atoms with Gasteiger partial charge in [0.25, 0.3) is 0 Å². The quantitative estimate of drug-likeness (QED) is 0.730. The van der Waals surface area contributed by atoms with Crippen molar-refractivity contribution in [2.24, 2.45) is 5.73 Å². The van der Waals surface area contributed by atoms with Crippen LogP contribution in [0.3, 0.4) is 0 Å². The van der Waals surface area contributed by atoms with Gasteiger partial charge in [-0.25, -0.2) is 4.39 Å². The summed E-state index contributed by atoms with van der Waals surface area (Å²) in [5, 5.41) is 0. The van der Waals surface area contributed by atoms with E-state index in [0.29, 0.717) is 13.0 Å². The highest BCUT2D eigenvalue weighted by atomic mass is 32.1. The van der Waals surface area contributed by atoms with Crippen molar-refractivity contribution in [2.75, 3.05) is 6.54 Å². The monoisotopic (exact) mass is 322 g/mol. The predicted molar refractivity (Wildman–Crippen MR) is 93.5 cm³/mol. The lowest BCUT2D eigenvalue weighted by Crippen LogP contribution is -1.95. The van der Waals surface area contributed by atoms with Crippen LogP contribution in [0.4, 0.5) is 4.39 Å². The highest BCUT2D eigenvalue weighted by Gasteiger charge is 2.12. The van der Waals surface area contributed by atoms with Crippen molar-refractivity contribution in [2.45, 2.75) is 6.42 Å². The molecule has 2 N–H and O–H groups in total. The second kappa shape index (κ2) is 7.19. The van der Waals surface area contributed by atoms with Gasteiger partial charge in [0.15, 0.2) is 0 Å². The van der Waals surface area contributed by atoms with Gasteiger partial charge >= 0.3 is 0 Å². The number of halogens is 1. The lowest BCUT2D eigenvalue weighted by atomic mass is 10.0. The van der Waals surface area contributed by atoms with E-state index in [4.69, 9.17) is 5.73 Å². The molecule has 0 spiro atoms. The molecule has 0 unspecified atom stereocenters. The molecule has 2 aromatic heterocycles. The first-order valence-corrected chi connectivity index (χ1v) is 8.08. The third kappa shape index (κ3) is 3.65. The molecule has 0 saturated carbocycles. The average molecular weight is 322 g/mol. The molecule has 0 fully saturated rings.